The number of carbonyl (C=O) groups is 4. The molecule has 3 amide bonds. The molecule has 33 heavy (non-hydrogen) atoms. The van der Waals surface area contributed by atoms with Gasteiger partial charge >= 0.3 is 5.97 Å². The molecule has 0 aliphatic carbocycles. The maximum atomic E-state index is 12.8. The first-order chi connectivity index (χ1) is 15.6. The molecule has 1 rings (SSSR count). The Labute approximate surface area is 198 Å². The Morgan fingerprint density at radius 1 is 1.06 bits per heavy atom. The number of hydrogen-bond acceptors (Lipinski definition) is 7. The average Bonchev–Trinajstić information content (AvgIpc) is 2.79. The van der Waals surface area contributed by atoms with Crippen LogP contribution in [0.1, 0.15) is 32.3 Å². The Kier molecular flexibility index (Phi) is 12.3. The van der Waals surface area contributed by atoms with Crippen molar-refractivity contribution in [1.29, 1.82) is 0 Å². The summed E-state index contributed by atoms with van der Waals surface area (Å²) in [6.45, 7) is 3.40. The Hall–Kier alpha value is -2.79. The van der Waals surface area contributed by atoms with Gasteiger partial charge in [0, 0.05) is 6.42 Å². The molecule has 4 unspecified atom stereocenters. The zero-order valence-corrected chi connectivity index (χ0v) is 20.0. The average molecular weight is 483 g/mol. The Balaban J connectivity index is 2.75. The lowest BCUT2D eigenvalue weighted by Crippen LogP contribution is -2.54. The van der Waals surface area contributed by atoms with E-state index in [0.717, 1.165) is 0 Å². The van der Waals surface area contributed by atoms with Gasteiger partial charge in [-0.1, -0.05) is 32.4 Å². The first-order valence-electron chi connectivity index (χ1n) is 10.7. The van der Waals surface area contributed by atoms with Gasteiger partial charge in [0.15, 0.2) is 0 Å². The molecule has 4 atom stereocenters. The summed E-state index contributed by atoms with van der Waals surface area (Å²) < 4.78 is 0. The third-order valence-electron chi connectivity index (χ3n) is 5.24. The van der Waals surface area contributed by atoms with Gasteiger partial charge in [0.25, 0.3) is 0 Å². The summed E-state index contributed by atoms with van der Waals surface area (Å²) in [4.78, 5) is 48.9. The zero-order valence-electron chi connectivity index (χ0n) is 19.2. The molecule has 1 aromatic rings. The summed E-state index contributed by atoms with van der Waals surface area (Å²) in [5.74, 6) is -2.33. The van der Waals surface area contributed by atoms with Crippen molar-refractivity contribution >= 4 is 35.5 Å². The highest BCUT2D eigenvalue weighted by Crippen LogP contribution is 2.12. The van der Waals surface area contributed by atoms with E-state index in [1.54, 1.807) is 12.1 Å². The van der Waals surface area contributed by atoms with E-state index in [9.17, 15) is 29.4 Å². The number of amides is 3. The molecule has 1 aromatic carbocycles. The van der Waals surface area contributed by atoms with Crippen molar-refractivity contribution in [1.82, 2.24) is 16.0 Å². The van der Waals surface area contributed by atoms with Crippen molar-refractivity contribution in [2.24, 2.45) is 11.7 Å². The van der Waals surface area contributed by atoms with Crippen LogP contribution in [-0.2, 0) is 25.6 Å². The largest absolute Gasteiger partial charge is 0.508 e. The number of aromatic hydroxyl groups is 1. The third kappa shape index (κ3) is 10.1. The number of benzene rings is 1. The number of nitrogens with two attached hydrogens (primary N) is 1. The molecule has 0 fully saturated rings. The van der Waals surface area contributed by atoms with Gasteiger partial charge in [-0.3, -0.25) is 14.4 Å². The predicted molar refractivity (Wildman–Crippen MR) is 127 cm³/mol. The normalized spacial score (nSPS) is 14.4. The van der Waals surface area contributed by atoms with E-state index < -0.39 is 41.8 Å². The number of hydrogen-bond donors (Lipinski definition) is 6. The smallest absolute Gasteiger partial charge is 0.326 e. The van der Waals surface area contributed by atoms with E-state index >= 15 is 0 Å². The van der Waals surface area contributed by atoms with Gasteiger partial charge in [-0.2, -0.15) is 11.8 Å². The first kappa shape index (κ1) is 28.2. The molecule has 0 heterocycles. The van der Waals surface area contributed by atoms with E-state index in [1.165, 1.54) is 23.9 Å². The van der Waals surface area contributed by atoms with Crippen molar-refractivity contribution in [3.05, 3.63) is 29.8 Å². The second-order valence-corrected chi connectivity index (χ2v) is 8.79. The summed E-state index contributed by atoms with van der Waals surface area (Å²) >= 11 is 1.47. The molecule has 11 heteroatoms. The van der Waals surface area contributed by atoms with Crippen LogP contribution in [0.5, 0.6) is 5.75 Å². The maximum absolute atomic E-state index is 12.8. The minimum atomic E-state index is -1.22. The lowest BCUT2D eigenvalue weighted by atomic mass is 9.99. The van der Waals surface area contributed by atoms with E-state index in [-0.39, 0.29) is 31.1 Å². The molecular weight excluding hydrogens is 448 g/mol. The van der Waals surface area contributed by atoms with Gasteiger partial charge in [-0.05, 0) is 42.0 Å². The number of phenols is 1. The molecule has 0 aliphatic rings. The third-order valence-corrected chi connectivity index (χ3v) is 5.88. The SMILES string of the molecule is CCC(C)C(N)C(=O)NCC(=O)NC(CCSC)C(=O)NC(Cc1ccc(O)cc1)C(=O)O. The van der Waals surface area contributed by atoms with Crippen molar-refractivity contribution in [2.45, 2.75) is 51.2 Å². The highest BCUT2D eigenvalue weighted by Gasteiger charge is 2.27. The predicted octanol–water partition coefficient (Wildman–Crippen LogP) is 0.232. The molecule has 0 aromatic heterocycles. The number of thioether (sulfide) groups is 1. The van der Waals surface area contributed by atoms with Gasteiger partial charge in [0.05, 0.1) is 12.6 Å². The van der Waals surface area contributed by atoms with Crippen LogP contribution in [0.3, 0.4) is 0 Å². The van der Waals surface area contributed by atoms with Crippen LogP contribution >= 0.6 is 11.8 Å². The summed E-state index contributed by atoms with van der Waals surface area (Å²) in [7, 11) is 0. The topological polar surface area (TPSA) is 171 Å². The van der Waals surface area contributed by atoms with Crippen molar-refractivity contribution in [3.63, 3.8) is 0 Å². The minimum absolute atomic E-state index is 0.00804. The molecule has 0 spiro atoms. The van der Waals surface area contributed by atoms with Crippen molar-refractivity contribution in [3.8, 4) is 5.75 Å². The van der Waals surface area contributed by atoms with Crippen LogP contribution in [0, 0.1) is 5.92 Å². The standard InChI is InChI=1S/C22H34N4O6S/c1-4-13(2)19(23)21(30)24-12-18(28)25-16(9-10-33-3)20(29)26-17(22(31)32)11-14-5-7-15(27)8-6-14/h5-8,13,16-17,19,27H,4,9-12,23H2,1-3H3,(H,24,30)(H,25,28)(H,26,29)(H,31,32). The summed E-state index contributed by atoms with van der Waals surface area (Å²) in [6, 6.07) is 3.07. The lowest BCUT2D eigenvalue weighted by Gasteiger charge is -2.22. The highest BCUT2D eigenvalue weighted by atomic mass is 32.2. The number of aliphatic carboxylic acids is 1. The maximum Gasteiger partial charge on any atom is 0.326 e. The molecule has 0 saturated carbocycles. The van der Waals surface area contributed by atoms with E-state index in [4.69, 9.17) is 5.73 Å². The Morgan fingerprint density at radius 2 is 1.70 bits per heavy atom. The van der Waals surface area contributed by atoms with Crippen LogP contribution in [0.25, 0.3) is 0 Å². The minimum Gasteiger partial charge on any atom is -0.508 e. The van der Waals surface area contributed by atoms with E-state index in [1.807, 2.05) is 20.1 Å². The molecule has 0 bridgehead atoms. The number of carbonyl (C=O) groups excluding carboxylic acids is 3. The fraction of sp³-hybridized carbons (Fsp3) is 0.545. The summed E-state index contributed by atoms with van der Waals surface area (Å²) in [6.07, 6.45) is 2.85. The molecule has 184 valence electrons. The monoisotopic (exact) mass is 482 g/mol. The first-order valence-corrected chi connectivity index (χ1v) is 12.1. The Bertz CT molecular complexity index is 805. The van der Waals surface area contributed by atoms with Crippen LogP contribution < -0.4 is 21.7 Å². The second-order valence-electron chi connectivity index (χ2n) is 7.80. The van der Waals surface area contributed by atoms with Crippen LogP contribution in [0.15, 0.2) is 24.3 Å². The molecule has 0 radical (unpaired) electrons. The van der Waals surface area contributed by atoms with Gasteiger partial charge in [0.1, 0.15) is 17.8 Å². The molecule has 10 nitrogen and oxygen atoms in total. The molecule has 0 saturated heterocycles. The zero-order chi connectivity index (χ0) is 25.0. The van der Waals surface area contributed by atoms with Gasteiger partial charge in [-0.15, -0.1) is 0 Å². The lowest BCUT2D eigenvalue weighted by molar-refractivity contribution is -0.142. The summed E-state index contributed by atoms with van der Waals surface area (Å²) in [5, 5.41) is 26.4. The van der Waals surface area contributed by atoms with Crippen molar-refractivity contribution in [2.75, 3.05) is 18.6 Å². The van der Waals surface area contributed by atoms with E-state index in [2.05, 4.69) is 16.0 Å². The number of carboxylic acids is 1. The van der Waals surface area contributed by atoms with Gasteiger partial charge < -0.3 is 31.9 Å². The van der Waals surface area contributed by atoms with Gasteiger partial charge in [-0.25, -0.2) is 4.79 Å². The Morgan fingerprint density at radius 3 is 2.24 bits per heavy atom. The van der Waals surface area contributed by atoms with E-state index in [0.29, 0.717) is 17.7 Å². The number of carboxylic acid groups (broad SMARTS) is 1. The van der Waals surface area contributed by atoms with Crippen LogP contribution in [-0.4, -0.2) is 70.6 Å². The second kappa shape index (κ2) is 14.4. The molecule has 7 N–H and O–H groups in total. The molecule has 0 aliphatic heterocycles. The fourth-order valence-electron chi connectivity index (χ4n) is 2.89. The van der Waals surface area contributed by atoms with Crippen molar-refractivity contribution < 1.29 is 29.4 Å². The summed E-state index contributed by atoms with van der Waals surface area (Å²) in [5.41, 5.74) is 6.46. The molecular formula is C22H34N4O6S. The number of nitrogens with one attached hydrogen (secondary N) is 3. The van der Waals surface area contributed by atoms with Crippen LogP contribution in [0.2, 0.25) is 0 Å². The van der Waals surface area contributed by atoms with Gasteiger partial charge in [0.2, 0.25) is 17.7 Å². The number of phenolic OH excluding ortho intramolecular Hbond substituents is 1. The van der Waals surface area contributed by atoms with Crippen LogP contribution in [0.4, 0.5) is 0 Å². The highest BCUT2D eigenvalue weighted by molar-refractivity contribution is 7.98. The fourth-order valence-corrected chi connectivity index (χ4v) is 3.36. The quantitative estimate of drug-likeness (QED) is 0.219. The number of rotatable bonds is 14.